The molecule has 1 unspecified atom stereocenters. The van der Waals surface area contributed by atoms with Gasteiger partial charge in [0.1, 0.15) is 0 Å². The second-order valence-corrected chi connectivity index (χ2v) is 5.11. The normalized spacial score (nSPS) is 12.5. The standard InChI is InChI=1S/C14H20BrN/c1-10(2)8-9-13(16-4)12-7-5-6-11(3)14(12)15/h5-7,13,16H,1,8-9H2,2-4H3. The first kappa shape index (κ1) is 13.5. The van der Waals surface area contributed by atoms with E-state index in [1.54, 1.807) is 0 Å². The molecule has 0 spiro atoms. The fourth-order valence-electron chi connectivity index (χ4n) is 1.79. The molecule has 2 heteroatoms. The van der Waals surface area contributed by atoms with E-state index < -0.39 is 0 Å². The van der Waals surface area contributed by atoms with Gasteiger partial charge in [-0.1, -0.05) is 39.7 Å². The van der Waals surface area contributed by atoms with E-state index in [9.17, 15) is 0 Å². The van der Waals surface area contributed by atoms with Crippen LogP contribution in [0.5, 0.6) is 0 Å². The van der Waals surface area contributed by atoms with E-state index in [2.05, 4.69) is 59.9 Å². The molecule has 0 radical (unpaired) electrons. The Hall–Kier alpha value is -0.600. The third kappa shape index (κ3) is 3.46. The summed E-state index contributed by atoms with van der Waals surface area (Å²) in [4.78, 5) is 0. The van der Waals surface area contributed by atoms with Gasteiger partial charge in [0.05, 0.1) is 0 Å². The molecular formula is C14H20BrN. The third-order valence-electron chi connectivity index (χ3n) is 2.81. The molecule has 16 heavy (non-hydrogen) atoms. The second kappa shape index (κ2) is 6.21. The molecule has 1 nitrogen and oxygen atoms in total. The minimum atomic E-state index is 0.394. The summed E-state index contributed by atoms with van der Waals surface area (Å²) in [5.74, 6) is 0. The highest BCUT2D eigenvalue weighted by Gasteiger charge is 2.13. The number of hydrogen-bond donors (Lipinski definition) is 1. The van der Waals surface area contributed by atoms with E-state index in [1.165, 1.54) is 21.2 Å². The molecule has 0 aromatic heterocycles. The Labute approximate surface area is 107 Å². The van der Waals surface area contributed by atoms with Gasteiger partial charge in [-0.25, -0.2) is 0 Å². The average Bonchev–Trinajstić information content (AvgIpc) is 2.24. The van der Waals surface area contributed by atoms with Gasteiger partial charge < -0.3 is 5.32 Å². The first-order valence-corrected chi connectivity index (χ1v) is 6.42. The van der Waals surface area contributed by atoms with Crippen LogP contribution in [0.25, 0.3) is 0 Å². The van der Waals surface area contributed by atoms with Crippen molar-refractivity contribution in [3.8, 4) is 0 Å². The Bertz CT molecular complexity index is 371. The van der Waals surface area contributed by atoms with Gasteiger partial charge >= 0.3 is 0 Å². The summed E-state index contributed by atoms with van der Waals surface area (Å²) >= 11 is 3.67. The maximum atomic E-state index is 3.96. The predicted octanol–water partition coefficient (Wildman–Crippen LogP) is 4.37. The van der Waals surface area contributed by atoms with Gasteiger partial charge in [-0.05, 0) is 44.9 Å². The zero-order valence-corrected chi connectivity index (χ0v) is 11.9. The van der Waals surface area contributed by atoms with Crippen LogP contribution in [-0.4, -0.2) is 7.05 Å². The van der Waals surface area contributed by atoms with Crippen molar-refractivity contribution < 1.29 is 0 Å². The van der Waals surface area contributed by atoms with Gasteiger partial charge in [-0.15, -0.1) is 6.58 Å². The van der Waals surface area contributed by atoms with Gasteiger partial charge in [-0.2, -0.15) is 0 Å². The van der Waals surface area contributed by atoms with Gasteiger partial charge in [-0.3, -0.25) is 0 Å². The van der Waals surface area contributed by atoms with Gasteiger partial charge in [0, 0.05) is 10.5 Å². The van der Waals surface area contributed by atoms with Crippen molar-refractivity contribution in [3.63, 3.8) is 0 Å². The zero-order valence-electron chi connectivity index (χ0n) is 10.3. The van der Waals surface area contributed by atoms with Gasteiger partial charge in [0.25, 0.3) is 0 Å². The molecule has 0 fully saturated rings. The fourth-order valence-corrected chi connectivity index (χ4v) is 2.33. The summed E-state index contributed by atoms with van der Waals surface area (Å²) < 4.78 is 1.22. The lowest BCUT2D eigenvalue weighted by molar-refractivity contribution is 0.546. The molecule has 1 rings (SSSR count). The zero-order chi connectivity index (χ0) is 12.1. The number of hydrogen-bond acceptors (Lipinski definition) is 1. The summed E-state index contributed by atoms with van der Waals surface area (Å²) in [7, 11) is 2.01. The Morgan fingerprint density at radius 3 is 2.75 bits per heavy atom. The molecule has 0 saturated carbocycles. The van der Waals surface area contributed by atoms with Gasteiger partial charge in [0.2, 0.25) is 0 Å². The van der Waals surface area contributed by atoms with Crippen LogP contribution >= 0.6 is 15.9 Å². The van der Waals surface area contributed by atoms with Crippen LogP contribution in [0, 0.1) is 6.92 Å². The van der Waals surface area contributed by atoms with Crippen molar-refractivity contribution in [2.75, 3.05) is 7.05 Å². The Kier molecular flexibility index (Phi) is 5.23. The number of halogens is 1. The van der Waals surface area contributed by atoms with E-state index in [1.807, 2.05) is 7.05 Å². The van der Waals surface area contributed by atoms with Crippen molar-refractivity contribution in [2.45, 2.75) is 32.7 Å². The monoisotopic (exact) mass is 281 g/mol. The second-order valence-electron chi connectivity index (χ2n) is 4.32. The smallest absolute Gasteiger partial charge is 0.0331 e. The largest absolute Gasteiger partial charge is 0.313 e. The molecular weight excluding hydrogens is 262 g/mol. The van der Waals surface area contributed by atoms with Crippen LogP contribution in [0.15, 0.2) is 34.8 Å². The highest BCUT2D eigenvalue weighted by Crippen LogP contribution is 2.29. The van der Waals surface area contributed by atoms with Crippen molar-refractivity contribution >= 4 is 15.9 Å². The molecule has 0 aliphatic rings. The first-order valence-electron chi connectivity index (χ1n) is 5.63. The lowest BCUT2D eigenvalue weighted by atomic mass is 9.99. The third-order valence-corrected chi connectivity index (χ3v) is 3.89. The summed E-state index contributed by atoms with van der Waals surface area (Å²) in [6.07, 6.45) is 2.15. The molecule has 0 aliphatic carbocycles. The van der Waals surface area contributed by atoms with E-state index in [-0.39, 0.29) is 0 Å². The molecule has 0 saturated heterocycles. The number of aryl methyl sites for hydroxylation is 1. The summed E-state index contributed by atoms with van der Waals surface area (Å²) in [6.45, 7) is 8.16. The van der Waals surface area contributed by atoms with Crippen molar-refractivity contribution in [1.82, 2.24) is 5.32 Å². The number of nitrogens with one attached hydrogen (secondary N) is 1. The van der Waals surface area contributed by atoms with Crippen LogP contribution in [0.4, 0.5) is 0 Å². The Balaban J connectivity index is 2.86. The van der Waals surface area contributed by atoms with E-state index in [0.29, 0.717) is 6.04 Å². The molecule has 1 aromatic rings. The lowest BCUT2D eigenvalue weighted by Crippen LogP contribution is -2.17. The quantitative estimate of drug-likeness (QED) is 0.790. The maximum Gasteiger partial charge on any atom is 0.0331 e. The molecule has 0 aliphatic heterocycles. The SMILES string of the molecule is C=C(C)CCC(NC)c1cccc(C)c1Br. The molecule has 1 aromatic carbocycles. The molecule has 88 valence electrons. The fraction of sp³-hybridized carbons (Fsp3) is 0.429. The number of rotatable bonds is 5. The van der Waals surface area contributed by atoms with Gasteiger partial charge in [0.15, 0.2) is 0 Å². The van der Waals surface area contributed by atoms with E-state index >= 15 is 0 Å². The minimum Gasteiger partial charge on any atom is -0.313 e. The Morgan fingerprint density at radius 1 is 1.50 bits per heavy atom. The van der Waals surface area contributed by atoms with Crippen molar-refractivity contribution in [3.05, 3.63) is 46.0 Å². The van der Waals surface area contributed by atoms with Crippen molar-refractivity contribution in [1.29, 1.82) is 0 Å². The van der Waals surface area contributed by atoms with Crippen LogP contribution in [-0.2, 0) is 0 Å². The minimum absolute atomic E-state index is 0.394. The maximum absolute atomic E-state index is 3.96. The van der Waals surface area contributed by atoms with Crippen LogP contribution in [0.2, 0.25) is 0 Å². The molecule has 1 atom stereocenters. The predicted molar refractivity (Wildman–Crippen MR) is 74.7 cm³/mol. The number of benzene rings is 1. The highest BCUT2D eigenvalue weighted by atomic mass is 79.9. The average molecular weight is 282 g/mol. The summed E-state index contributed by atoms with van der Waals surface area (Å²) in [5, 5.41) is 3.37. The van der Waals surface area contributed by atoms with Crippen LogP contribution in [0.1, 0.15) is 36.9 Å². The van der Waals surface area contributed by atoms with Crippen molar-refractivity contribution in [2.24, 2.45) is 0 Å². The van der Waals surface area contributed by atoms with Crippen LogP contribution < -0.4 is 5.32 Å². The van der Waals surface area contributed by atoms with Crippen LogP contribution in [0.3, 0.4) is 0 Å². The van der Waals surface area contributed by atoms with E-state index in [4.69, 9.17) is 0 Å². The lowest BCUT2D eigenvalue weighted by Gasteiger charge is -2.19. The topological polar surface area (TPSA) is 12.0 Å². The summed E-state index contributed by atoms with van der Waals surface area (Å²) in [5.41, 5.74) is 3.86. The summed E-state index contributed by atoms with van der Waals surface area (Å²) in [6, 6.07) is 6.81. The number of allylic oxidation sites excluding steroid dienone is 1. The molecule has 1 N–H and O–H groups in total. The van der Waals surface area contributed by atoms with E-state index in [0.717, 1.165) is 12.8 Å². The Morgan fingerprint density at radius 2 is 2.19 bits per heavy atom. The molecule has 0 bridgehead atoms. The first-order chi connectivity index (χ1) is 7.56. The molecule has 0 amide bonds. The molecule has 0 heterocycles. The highest BCUT2D eigenvalue weighted by molar-refractivity contribution is 9.10.